The zero-order valence-corrected chi connectivity index (χ0v) is 9.74. The van der Waals surface area contributed by atoms with Crippen LogP contribution in [0, 0.1) is 5.82 Å². The molecule has 0 heterocycles. The molecule has 0 aromatic heterocycles. The van der Waals surface area contributed by atoms with Crippen LogP contribution in [-0.4, -0.2) is 11.9 Å². The van der Waals surface area contributed by atoms with Gasteiger partial charge in [0.2, 0.25) is 0 Å². The van der Waals surface area contributed by atoms with Gasteiger partial charge in [0.15, 0.2) is 0 Å². The summed E-state index contributed by atoms with van der Waals surface area (Å²) in [6.07, 6.45) is -3.92. The maximum atomic E-state index is 12.9. The molecule has 0 radical (unpaired) electrons. The van der Waals surface area contributed by atoms with Crippen LogP contribution in [0.15, 0.2) is 18.2 Å². The van der Waals surface area contributed by atoms with Crippen LogP contribution in [0.5, 0.6) is 5.75 Å². The van der Waals surface area contributed by atoms with Crippen LogP contribution in [-0.2, 0) is 6.18 Å². The molecular formula is C10H9BrF4O. The molecule has 0 fully saturated rings. The molecule has 0 atom stereocenters. The van der Waals surface area contributed by atoms with Crippen molar-refractivity contribution in [3.05, 3.63) is 29.6 Å². The van der Waals surface area contributed by atoms with E-state index in [1.165, 1.54) is 0 Å². The van der Waals surface area contributed by atoms with Gasteiger partial charge in [-0.25, -0.2) is 4.39 Å². The highest BCUT2D eigenvalue weighted by atomic mass is 79.9. The Morgan fingerprint density at radius 1 is 1.19 bits per heavy atom. The first-order valence-corrected chi connectivity index (χ1v) is 5.62. The molecule has 0 N–H and O–H groups in total. The first-order valence-electron chi connectivity index (χ1n) is 4.50. The molecule has 0 aliphatic heterocycles. The molecule has 0 unspecified atom stereocenters. The van der Waals surface area contributed by atoms with Gasteiger partial charge in [0.1, 0.15) is 11.6 Å². The van der Waals surface area contributed by atoms with E-state index in [0.717, 1.165) is 12.1 Å². The predicted molar refractivity (Wildman–Crippen MR) is 55.3 cm³/mol. The van der Waals surface area contributed by atoms with Crippen molar-refractivity contribution in [3.8, 4) is 5.75 Å². The van der Waals surface area contributed by atoms with E-state index < -0.39 is 17.6 Å². The average Bonchev–Trinajstić information content (AvgIpc) is 2.16. The molecule has 1 nitrogen and oxygen atoms in total. The average molecular weight is 301 g/mol. The van der Waals surface area contributed by atoms with Crippen molar-refractivity contribution in [3.63, 3.8) is 0 Å². The highest BCUT2D eigenvalue weighted by Gasteiger charge is 2.31. The molecular weight excluding hydrogens is 292 g/mol. The Kier molecular flexibility index (Phi) is 4.58. The number of benzene rings is 1. The minimum Gasteiger partial charge on any atom is -0.493 e. The fourth-order valence-electron chi connectivity index (χ4n) is 1.05. The molecule has 0 aliphatic carbocycles. The van der Waals surface area contributed by atoms with E-state index in [0.29, 0.717) is 17.8 Å². The molecule has 6 heteroatoms. The number of rotatable bonds is 4. The highest BCUT2D eigenvalue weighted by Crippen LogP contribution is 2.32. The summed E-state index contributed by atoms with van der Waals surface area (Å²) in [6, 6.07) is 2.16. The number of hydrogen-bond acceptors (Lipinski definition) is 1. The second kappa shape index (κ2) is 5.52. The Morgan fingerprint density at radius 3 is 2.44 bits per heavy atom. The van der Waals surface area contributed by atoms with Gasteiger partial charge in [-0.2, -0.15) is 13.2 Å². The summed E-state index contributed by atoms with van der Waals surface area (Å²) in [7, 11) is 0. The van der Waals surface area contributed by atoms with Gasteiger partial charge >= 0.3 is 6.18 Å². The van der Waals surface area contributed by atoms with Gasteiger partial charge in [-0.15, -0.1) is 0 Å². The topological polar surface area (TPSA) is 9.23 Å². The first-order chi connectivity index (χ1) is 7.43. The fourth-order valence-corrected chi connectivity index (χ4v) is 1.28. The predicted octanol–water partition coefficient (Wildman–Crippen LogP) is 4.01. The van der Waals surface area contributed by atoms with Gasteiger partial charge in [0, 0.05) is 11.4 Å². The van der Waals surface area contributed by atoms with Crippen molar-refractivity contribution in [1.29, 1.82) is 0 Å². The van der Waals surface area contributed by atoms with Crippen LogP contribution in [0.1, 0.15) is 12.0 Å². The Hall–Kier alpha value is -0.780. The van der Waals surface area contributed by atoms with Crippen molar-refractivity contribution < 1.29 is 22.3 Å². The Bertz CT molecular complexity index is 351. The second-order valence-corrected chi connectivity index (χ2v) is 3.86. The molecule has 1 aromatic rings. The maximum absolute atomic E-state index is 12.9. The largest absolute Gasteiger partial charge is 0.493 e. The van der Waals surface area contributed by atoms with Gasteiger partial charge in [0.05, 0.1) is 12.2 Å². The lowest BCUT2D eigenvalue weighted by molar-refractivity contribution is -0.137. The lowest BCUT2D eigenvalue weighted by atomic mass is 10.2. The van der Waals surface area contributed by atoms with E-state index in [1.807, 2.05) is 0 Å². The van der Waals surface area contributed by atoms with Crippen molar-refractivity contribution in [2.45, 2.75) is 12.6 Å². The normalized spacial score (nSPS) is 11.6. The fraction of sp³-hybridized carbons (Fsp3) is 0.400. The molecule has 1 aromatic carbocycles. The lowest BCUT2D eigenvalue weighted by Crippen LogP contribution is -2.06. The molecule has 0 aliphatic rings. The number of ether oxygens (including phenoxy) is 1. The summed E-state index contributed by atoms with van der Waals surface area (Å²) in [5, 5.41) is 0.675. The second-order valence-electron chi connectivity index (χ2n) is 3.06. The molecule has 0 amide bonds. The van der Waals surface area contributed by atoms with E-state index in [1.54, 1.807) is 0 Å². The quantitative estimate of drug-likeness (QED) is 0.464. The van der Waals surface area contributed by atoms with Crippen LogP contribution in [0.25, 0.3) is 0 Å². The zero-order chi connectivity index (χ0) is 12.2. The zero-order valence-electron chi connectivity index (χ0n) is 8.15. The SMILES string of the molecule is Fc1cc(OCCCBr)cc(C(F)(F)F)c1. The minimum atomic E-state index is -4.56. The lowest BCUT2D eigenvalue weighted by Gasteiger charge is -2.10. The van der Waals surface area contributed by atoms with E-state index in [2.05, 4.69) is 15.9 Å². The molecule has 0 saturated carbocycles. The summed E-state index contributed by atoms with van der Waals surface area (Å²) in [5.41, 5.74) is -1.04. The summed E-state index contributed by atoms with van der Waals surface area (Å²) in [5.74, 6) is -1.06. The Morgan fingerprint density at radius 2 is 1.88 bits per heavy atom. The number of alkyl halides is 4. The van der Waals surface area contributed by atoms with Crippen LogP contribution in [0.2, 0.25) is 0 Å². The van der Waals surface area contributed by atoms with Crippen molar-refractivity contribution in [2.24, 2.45) is 0 Å². The summed E-state index contributed by atoms with van der Waals surface area (Å²) >= 11 is 3.15. The molecule has 0 saturated heterocycles. The molecule has 0 spiro atoms. The molecule has 90 valence electrons. The standard InChI is InChI=1S/C10H9BrF4O/c11-2-1-3-16-9-5-7(10(13,14)15)4-8(12)6-9/h4-6H,1-3H2. The van der Waals surface area contributed by atoms with E-state index in [9.17, 15) is 17.6 Å². The van der Waals surface area contributed by atoms with Crippen LogP contribution in [0.3, 0.4) is 0 Å². The van der Waals surface area contributed by atoms with Gasteiger partial charge in [0.25, 0.3) is 0 Å². The number of hydrogen-bond donors (Lipinski definition) is 0. The highest BCUT2D eigenvalue weighted by molar-refractivity contribution is 9.09. The van der Waals surface area contributed by atoms with Crippen molar-refractivity contribution in [1.82, 2.24) is 0 Å². The summed E-state index contributed by atoms with van der Waals surface area (Å²) in [4.78, 5) is 0. The van der Waals surface area contributed by atoms with Crippen molar-refractivity contribution in [2.75, 3.05) is 11.9 Å². The Balaban J connectivity index is 2.82. The summed E-state index contributed by atoms with van der Waals surface area (Å²) in [6.45, 7) is 0.242. The van der Waals surface area contributed by atoms with Crippen LogP contribution >= 0.6 is 15.9 Å². The van der Waals surface area contributed by atoms with Gasteiger partial charge in [-0.05, 0) is 18.6 Å². The molecule has 0 bridgehead atoms. The summed E-state index contributed by atoms with van der Waals surface area (Å²) < 4.78 is 54.8. The smallest absolute Gasteiger partial charge is 0.416 e. The van der Waals surface area contributed by atoms with E-state index in [4.69, 9.17) is 4.74 Å². The van der Waals surface area contributed by atoms with Crippen molar-refractivity contribution >= 4 is 15.9 Å². The third-order valence-corrected chi connectivity index (χ3v) is 2.31. The minimum absolute atomic E-state index is 0.103. The van der Waals surface area contributed by atoms with Gasteiger partial charge < -0.3 is 4.74 Å². The number of halogens is 5. The van der Waals surface area contributed by atoms with Crippen LogP contribution in [0.4, 0.5) is 17.6 Å². The van der Waals surface area contributed by atoms with Crippen LogP contribution < -0.4 is 4.74 Å². The molecule has 16 heavy (non-hydrogen) atoms. The first kappa shape index (κ1) is 13.3. The third-order valence-electron chi connectivity index (χ3n) is 1.75. The maximum Gasteiger partial charge on any atom is 0.416 e. The van der Waals surface area contributed by atoms with Gasteiger partial charge in [-0.1, -0.05) is 15.9 Å². The van der Waals surface area contributed by atoms with E-state index in [-0.39, 0.29) is 12.4 Å². The monoisotopic (exact) mass is 300 g/mol. The van der Waals surface area contributed by atoms with Gasteiger partial charge in [-0.3, -0.25) is 0 Å². The Labute approximate surface area is 98.5 Å². The molecule has 1 rings (SSSR count). The van der Waals surface area contributed by atoms with E-state index >= 15 is 0 Å². The third kappa shape index (κ3) is 4.00.